The molecule has 4 rings (SSSR count). The van der Waals surface area contributed by atoms with Gasteiger partial charge >= 0.3 is 7.05 Å². The summed E-state index contributed by atoms with van der Waals surface area (Å²) in [6.07, 6.45) is 0. The molecular formula is C17H18BNOS. The maximum atomic E-state index is 6.60. The Hall–Kier alpha value is -1.23. The van der Waals surface area contributed by atoms with Crippen molar-refractivity contribution in [2.45, 2.75) is 18.5 Å². The monoisotopic (exact) mass is 295 g/mol. The van der Waals surface area contributed by atoms with Gasteiger partial charge in [-0.3, -0.25) is 0 Å². The molecule has 2 aromatic carbocycles. The van der Waals surface area contributed by atoms with Gasteiger partial charge in [-0.15, -0.1) is 11.8 Å². The van der Waals surface area contributed by atoms with Crippen LogP contribution in [0.25, 0.3) is 0 Å². The maximum Gasteiger partial charge on any atom is 0.381 e. The van der Waals surface area contributed by atoms with Gasteiger partial charge in [-0.2, -0.15) is 0 Å². The molecule has 4 heteroatoms. The fourth-order valence-corrected chi connectivity index (χ4v) is 4.99. The topological polar surface area (TPSA) is 12.5 Å². The lowest BCUT2D eigenvalue weighted by molar-refractivity contribution is 0.113. The highest BCUT2D eigenvalue weighted by atomic mass is 32.2. The summed E-state index contributed by atoms with van der Waals surface area (Å²) in [5, 5.41) is 0. The molecule has 2 fully saturated rings. The van der Waals surface area contributed by atoms with E-state index in [1.165, 1.54) is 11.1 Å². The van der Waals surface area contributed by atoms with E-state index in [2.05, 4.69) is 72.3 Å². The second-order valence-corrected chi connectivity index (χ2v) is 6.71. The number of fused-ring (bicyclic) bond motifs is 1. The molecule has 0 aliphatic carbocycles. The molecule has 0 spiro atoms. The standard InChI is InChI=1S/C17H18BNOS/c1-18-19-13-21-12-16(19)17(20-18,14-8-4-2-5-9-14)15-10-6-3-7-11-15/h2-11,16H,12-13H2,1H3/t16-/m0/s1. The second kappa shape index (κ2) is 5.20. The highest BCUT2D eigenvalue weighted by Gasteiger charge is 2.57. The van der Waals surface area contributed by atoms with Gasteiger partial charge < -0.3 is 9.47 Å². The first-order valence-electron chi connectivity index (χ1n) is 7.45. The molecule has 2 heterocycles. The summed E-state index contributed by atoms with van der Waals surface area (Å²) in [6, 6.07) is 21.8. The number of rotatable bonds is 2. The zero-order valence-corrected chi connectivity index (χ0v) is 12.9. The van der Waals surface area contributed by atoms with E-state index in [0.29, 0.717) is 6.04 Å². The van der Waals surface area contributed by atoms with Crippen molar-refractivity contribution in [3.05, 3.63) is 71.8 Å². The Morgan fingerprint density at radius 3 is 2.19 bits per heavy atom. The van der Waals surface area contributed by atoms with Crippen LogP contribution in [0.15, 0.2) is 60.7 Å². The zero-order valence-electron chi connectivity index (χ0n) is 12.1. The summed E-state index contributed by atoms with van der Waals surface area (Å²) in [5.41, 5.74) is 2.18. The Balaban J connectivity index is 1.92. The van der Waals surface area contributed by atoms with Crippen LogP contribution in [0.3, 0.4) is 0 Å². The minimum absolute atomic E-state index is 0.158. The van der Waals surface area contributed by atoms with Crippen LogP contribution in [0.4, 0.5) is 0 Å². The molecule has 2 aliphatic rings. The van der Waals surface area contributed by atoms with Crippen molar-refractivity contribution in [3.63, 3.8) is 0 Å². The molecule has 0 N–H and O–H groups in total. The minimum Gasteiger partial charge on any atom is -0.406 e. The van der Waals surface area contributed by atoms with Gasteiger partial charge in [0.15, 0.2) is 0 Å². The van der Waals surface area contributed by atoms with E-state index in [1.807, 2.05) is 11.8 Å². The summed E-state index contributed by atoms with van der Waals surface area (Å²) < 4.78 is 6.60. The Kier molecular flexibility index (Phi) is 3.33. The van der Waals surface area contributed by atoms with E-state index in [4.69, 9.17) is 4.65 Å². The number of hydrogen-bond donors (Lipinski definition) is 0. The third kappa shape index (κ3) is 1.97. The SMILES string of the molecule is CB1OC(c2ccccc2)(c2ccccc2)[C@@H]2CSCN12. The van der Waals surface area contributed by atoms with Gasteiger partial charge in [0.2, 0.25) is 0 Å². The molecule has 0 saturated carbocycles. The van der Waals surface area contributed by atoms with Crippen molar-refractivity contribution in [2.75, 3.05) is 11.6 Å². The first-order chi connectivity index (χ1) is 10.3. The van der Waals surface area contributed by atoms with Crippen molar-refractivity contribution < 1.29 is 4.65 Å². The van der Waals surface area contributed by atoms with Gasteiger partial charge in [-0.25, -0.2) is 0 Å². The molecule has 21 heavy (non-hydrogen) atoms. The number of nitrogens with zero attached hydrogens (tertiary/aromatic N) is 1. The van der Waals surface area contributed by atoms with Crippen molar-refractivity contribution in [1.82, 2.24) is 4.81 Å². The molecule has 2 aliphatic heterocycles. The molecule has 1 atom stereocenters. The summed E-state index contributed by atoms with van der Waals surface area (Å²) in [6.45, 7) is 2.17. The van der Waals surface area contributed by atoms with Crippen molar-refractivity contribution in [2.24, 2.45) is 0 Å². The molecule has 0 amide bonds. The molecule has 0 radical (unpaired) electrons. The van der Waals surface area contributed by atoms with Gasteiger partial charge in [0.1, 0.15) is 5.60 Å². The van der Waals surface area contributed by atoms with Crippen LogP contribution in [0.1, 0.15) is 11.1 Å². The van der Waals surface area contributed by atoms with Crippen LogP contribution in [-0.4, -0.2) is 29.5 Å². The highest BCUT2D eigenvalue weighted by molar-refractivity contribution is 7.99. The second-order valence-electron chi connectivity index (χ2n) is 5.71. The molecule has 2 saturated heterocycles. The average Bonchev–Trinajstić information content (AvgIpc) is 3.13. The van der Waals surface area contributed by atoms with Crippen molar-refractivity contribution in [3.8, 4) is 0 Å². The van der Waals surface area contributed by atoms with Crippen molar-refractivity contribution >= 4 is 18.8 Å². The largest absolute Gasteiger partial charge is 0.406 e. The van der Waals surface area contributed by atoms with Crippen molar-refractivity contribution in [1.29, 1.82) is 0 Å². The fourth-order valence-electron chi connectivity index (χ4n) is 3.64. The zero-order chi connectivity index (χ0) is 14.3. The van der Waals surface area contributed by atoms with Crippen LogP contribution >= 0.6 is 11.8 Å². The van der Waals surface area contributed by atoms with Gasteiger partial charge in [-0.1, -0.05) is 60.7 Å². The van der Waals surface area contributed by atoms with Crippen LogP contribution in [0, 0.1) is 0 Å². The first kappa shape index (κ1) is 13.4. The van der Waals surface area contributed by atoms with E-state index in [0.717, 1.165) is 11.6 Å². The van der Waals surface area contributed by atoms with E-state index in [-0.39, 0.29) is 12.7 Å². The van der Waals surface area contributed by atoms with Crippen LogP contribution in [-0.2, 0) is 10.3 Å². The summed E-state index contributed by atoms with van der Waals surface area (Å²) in [7, 11) is 0.158. The Labute approximate surface area is 130 Å². The molecule has 0 unspecified atom stereocenters. The van der Waals surface area contributed by atoms with Gasteiger partial charge in [0, 0.05) is 17.7 Å². The van der Waals surface area contributed by atoms with Crippen LogP contribution in [0.5, 0.6) is 0 Å². The Morgan fingerprint density at radius 2 is 1.62 bits per heavy atom. The molecule has 2 aromatic rings. The normalized spacial score (nSPS) is 24.2. The predicted octanol–water partition coefficient (Wildman–Crippen LogP) is 3.45. The lowest BCUT2D eigenvalue weighted by Crippen LogP contribution is -2.42. The summed E-state index contributed by atoms with van der Waals surface area (Å²) in [5.74, 6) is 2.18. The van der Waals surface area contributed by atoms with Crippen LogP contribution < -0.4 is 0 Å². The fraction of sp³-hybridized carbons (Fsp3) is 0.294. The smallest absolute Gasteiger partial charge is 0.381 e. The van der Waals surface area contributed by atoms with E-state index in [9.17, 15) is 0 Å². The number of hydrogen-bond acceptors (Lipinski definition) is 3. The third-order valence-electron chi connectivity index (χ3n) is 4.61. The minimum atomic E-state index is -0.342. The lowest BCUT2D eigenvalue weighted by Gasteiger charge is -2.36. The Bertz CT molecular complexity index is 582. The molecule has 2 nitrogen and oxygen atoms in total. The molecule has 0 bridgehead atoms. The first-order valence-corrected chi connectivity index (χ1v) is 8.60. The molecule has 106 valence electrons. The molecule has 0 aromatic heterocycles. The van der Waals surface area contributed by atoms with Crippen LogP contribution in [0.2, 0.25) is 6.82 Å². The maximum absolute atomic E-state index is 6.60. The van der Waals surface area contributed by atoms with E-state index in [1.54, 1.807) is 0 Å². The average molecular weight is 295 g/mol. The summed E-state index contributed by atoms with van der Waals surface area (Å²) >= 11 is 2.01. The number of benzene rings is 2. The third-order valence-corrected chi connectivity index (χ3v) is 5.65. The molecular weight excluding hydrogens is 277 g/mol. The highest BCUT2D eigenvalue weighted by Crippen LogP contribution is 2.48. The quantitative estimate of drug-likeness (QED) is 0.787. The van der Waals surface area contributed by atoms with Gasteiger partial charge in [0.25, 0.3) is 0 Å². The van der Waals surface area contributed by atoms with Gasteiger partial charge in [0.05, 0.1) is 0 Å². The Morgan fingerprint density at radius 1 is 1.05 bits per heavy atom. The predicted molar refractivity (Wildman–Crippen MR) is 89.3 cm³/mol. The van der Waals surface area contributed by atoms with E-state index < -0.39 is 0 Å². The number of thioether (sulfide) groups is 1. The van der Waals surface area contributed by atoms with E-state index >= 15 is 0 Å². The van der Waals surface area contributed by atoms with Gasteiger partial charge in [-0.05, 0) is 17.9 Å². The lowest BCUT2D eigenvalue weighted by atomic mass is 9.81. The summed E-state index contributed by atoms with van der Waals surface area (Å²) in [4.78, 5) is 2.49.